The molecule has 7 heteroatoms. The van der Waals surface area contributed by atoms with E-state index in [-0.39, 0.29) is 11.6 Å². The summed E-state index contributed by atoms with van der Waals surface area (Å²) < 4.78 is 5.11. The number of amides is 1. The van der Waals surface area contributed by atoms with E-state index in [2.05, 4.69) is 15.3 Å². The molecular formula is C17H17N3O3S. The van der Waals surface area contributed by atoms with Crippen LogP contribution in [0.1, 0.15) is 6.42 Å². The highest BCUT2D eigenvalue weighted by molar-refractivity contribution is 7.99. The molecule has 0 unspecified atom stereocenters. The van der Waals surface area contributed by atoms with Crippen molar-refractivity contribution in [2.24, 2.45) is 0 Å². The Morgan fingerprint density at radius 2 is 1.88 bits per heavy atom. The molecule has 0 bridgehead atoms. The number of hydrogen-bond donors (Lipinski definition) is 3. The summed E-state index contributed by atoms with van der Waals surface area (Å²) in [5.41, 5.74) is 1.79. The highest BCUT2D eigenvalue weighted by atomic mass is 32.2. The van der Waals surface area contributed by atoms with E-state index in [0.717, 1.165) is 10.6 Å². The van der Waals surface area contributed by atoms with E-state index in [1.807, 2.05) is 24.3 Å². The molecule has 0 aliphatic heterocycles. The third-order valence-electron chi connectivity index (χ3n) is 3.46. The predicted octanol–water partition coefficient (Wildman–Crippen LogP) is 2.99. The van der Waals surface area contributed by atoms with Crippen molar-refractivity contribution in [1.29, 1.82) is 0 Å². The van der Waals surface area contributed by atoms with Crippen LogP contribution in [-0.2, 0) is 4.79 Å². The van der Waals surface area contributed by atoms with Crippen LogP contribution in [0.25, 0.3) is 11.0 Å². The number of thioether (sulfide) groups is 1. The molecule has 0 fully saturated rings. The Labute approximate surface area is 142 Å². The van der Waals surface area contributed by atoms with E-state index in [4.69, 9.17) is 4.74 Å². The third kappa shape index (κ3) is 3.99. The van der Waals surface area contributed by atoms with Gasteiger partial charge in [-0.1, -0.05) is 0 Å². The fourth-order valence-corrected chi connectivity index (χ4v) is 3.12. The third-order valence-corrected chi connectivity index (χ3v) is 4.47. The molecule has 0 radical (unpaired) electrons. The monoisotopic (exact) mass is 343 g/mol. The van der Waals surface area contributed by atoms with E-state index in [0.29, 0.717) is 28.9 Å². The Balaban J connectivity index is 1.51. The topological polar surface area (TPSA) is 87.0 Å². The Morgan fingerprint density at radius 3 is 2.62 bits per heavy atom. The number of methoxy groups -OCH3 is 1. The molecule has 1 aromatic heterocycles. The summed E-state index contributed by atoms with van der Waals surface area (Å²) in [4.78, 5) is 29.7. The van der Waals surface area contributed by atoms with Crippen molar-refractivity contribution in [1.82, 2.24) is 9.97 Å². The second-order valence-electron chi connectivity index (χ2n) is 5.16. The molecule has 24 heavy (non-hydrogen) atoms. The van der Waals surface area contributed by atoms with Gasteiger partial charge in [0, 0.05) is 22.8 Å². The molecule has 0 aliphatic carbocycles. The molecule has 1 amide bonds. The van der Waals surface area contributed by atoms with Crippen LogP contribution < -0.4 is 15.7 Å². The maximum Gasteiger partial charge on any atom is 0.323 e. The molecule has 3 N–H and O–H groups in total. The lowest BCUT2D eigenvalue weighted by Gasteiger charge is -2.06. The van der Waals surface area contributed by atoms with Crippen LogP contribution in [0.2, 0.25) is 0 Å². The Kier molecular flexibility index (Phi) is 4.90. The normalized spacial score (nSPS) is 10.7. The first kappa shape index (κ1) is 16.2. The number of H-pyrrole nitrogens is 2. The first-order valence-electron chi connectivity index (χ1n) is 7.43. The van der Waals surface area contributed by atoms with Gasteiger partial charge in [0.1, 0.15) is 5.75 Å². The number of nitrogens with one attached hydrogen (secondary N) is 3. The average molecular weight is 343 g/mol. The maximum atomic E-state index is 12.0. The lowest BCUT2D eigenvalue weighted by atomic mass is 10.2. The van der Waals surface area contributed by atoms with E-state index in [1.165, 1.54) is 0 Å². The molecule has 0 spiro atoms. The standard InChI is InChI=1S/C17H17N3O3S/c1-23-12-3-5-13(6-4-12)24-9-8-16(21)18-11-2-7-14-15(10-11)20-17(22)19-14/h2-7,10H,8-9H2,1H3,(H,18,21)(H2,19,20,22). The summed E-state index contributed by atoms with van der Waals surface area (Å²) in [5.74, 6) is 1.44. The van der Waals surface area contributed by atoms with Crippen LogP contribution in [0.15, 0.2) is 52.2 Å². The number of fused-ring (bicyclic) bond motifs is 1. The van der Waals surface area contributed by atoms with Crippen molar-refractivity contribution in [2.75, 3.05) is 18.2 Å². The molecule has 0 aliphatic rings. The second-order valence-corrected chi connectivity index (χ2v) is 6.33. The molecule has 3 aromatic rings. The zero-order valence-electron chi connectivity index (χ0n) is 13.1. The van der Waals surface area contributed by atoms with Gasteiger partial charge in [-0.15, -0.1) is 11.8 Å². The Morgan fingerprint density at radius 1 is 1.12 bits per heavy atom. The van der Waals surface area contributed by atoms with Gasteiger partial charge in [0.2, 0.25) is 5.91 Å². The lowest BCUT2D eigenvalue weighted by molar-refractivity contribution is -0.115. The predicted molar refractivity (Wildman–Crippen MR) is 95.9 cm³/mol. The fourth-order valence-electron chi connectivity index (χ4n) is 2.27. The van der Waals surface area contributed by atoms with Gasteiger partial charge in [-0.3, -0.25) is 4.79 Å². The summed E-state index contributed by atoms with van der Waals surface area (Å²) in [5, 5.41) is 2.84. The second kappa shape index (κ2) is 7.27. The number of rotatable bonds is 6. The van der Waals surface area contributed by atoms with Crippen LogP contribution in [0.5, 0.6) is 5.75 Å². The number of imidazole rings is 1. The molecule has 0 atom stereocenters. The van der Waals surface area contributed by atoms with Gasteiger partial charge < -0.3 is 20.0 Å². The van der Waals surface area contributed by atoms with Gasteiger partial charge >= 0.3 is 5.69 Å². The molecular weight excluding hydrogens is 326 g/mol. The van der Waals surface area contributed by atoms with Crippen LogP contribution in [0.4, 0.5) is 5.69 Å². The summed E-state index contributed by atoms with van der Waals surface area (Å²) in [6, 6.07) is 13.0. The summed E-state index contributed by atoms with van der Waals surface area (Å²) in [6.07, 6.45) is 0.401. The zero-order chi connectivity index (χ0) is 16.9. The van der Waals surface area contributed by atoms with Crippen molar-refractivity contribution in [3.8, 4) is 5.75 Å². The van der Waals surface area contributed by atoms with Gasteiger partial charge in [0.05, 0.1) is 18.1 Å². The molecule has 0 saturated heterocycles. The number of ether oxygens (including phenoxy) is 1. The van der Waals surface area contributed by atoms with Crippen LogP contribution in [0, 0.1) is 0 Å². The van der Waals surface area contributed by atoms with Crippen molar-refractivity contribution in [3.05, 3.63) is 52.9 Å². The quantitative estimate of drug-likeness (QED) is 0.601. The highest BCUT2D eigenvalue weighted by Gasteiger charge is 2.05. The van der Waals surface area contributed by atoms with E-state index in [1.54, 1.807) is 37.1 Å². The number of hydrogen-bond acceptors (Lipinski definition) is 4. The number of benzene rings is 2. The summed E-state index contributed by atoms with van der Waals surface area (Å²) >= 11 is 1.62. The minimum absolute atomic E-state index is 0.0618. The number of carbonyl (C=O) groups is 1. The van der Waals surface area contributed by atoms with E-state index >= 15 is 0 Å². The summed E-state index contributed by atoms with van der Waals surface area (Å²) in [7, 11) is 1.63. The molecule has 0 saturated carbocycles. The van der Waals surface area contributed by atoms with Crippen molar-refractivity contribution < 1.29 is 9.53 Å². The van der Waals surface area contributed by atoms with Crippen molar-refractivity contribution in [3.63, 3.8) is 0 Å². The smallest absolute Gasteiger partial charge is 0.323 e. The van der Waals surface area contributed by atoms with Crippen LogP contribution in [0.3, 0.4) is 0 Å². The number of aromatic nitrogens is 2. The largest absolute Gasteiger partial charge is 0.497 e. The minimum Gasteiger partial charge on any atom is -0.497 e. The van der Waals surface area contributed by atoms with E-state index < -0.39 is 0 Å². The van der Waals surface area contributed by atoms with Gasteiger partial charge in [-0.2, -0.15) is 0 Å². The summed E-state index contributed by atoms with van der Waals surface area (Å²) in [6.45, 7) is 0. The fraction of sp³-hybridized carbons (Fsp3) is 0.176. The highest BCUT2D eigenvalue weighted by Crippen LogP contribution is 2.22. The first-order chi connectivity index (χ1) is 11.6. The minimum atomic E-state index is -0.260. The molecule has 6 nitrogen and oxygen atoms in total. The maximum absolute atomic E-state index is 12.0. The van der Waals surface area contributed by atoms with E-state index in [9.17, 15) is 9.59 Å². The first-order valence-corrected chi connectivity index (χ1v) is 8.41. The van der Waals surface area contributed by atoms with Crippen molar-refractivity contribution >= 4 is 34.4 Å². The molecule has 3 rings (SSSR count). The number of anilines is 1. The number of carbonyl (C=O) groups excluding carboxylic acids is 1. The SMILES string of the molecule is COc1ccc(SCCC(=O)Nc2ccc3[nH]c(=O)[nH]c3c2)cc1. The van der Waals surface area contributed by atoms with Gasteiger partial charge in [-0.25, -0.2) is 4.79 Å². The Hall–Kier alpha value is -2.67. The average Bonchev–Trinajstić information content (AvgIpc) is 2.95. The molecule has 124 valence electrons. The number of aromatic amines is 2. The van der Waals surface area contributed by atoms with Crippen LogP contribution in [-0.4, -0.2) is 28.7 Å². The van der Waals surface area contributed by atoms with Gasteiger partial charge in [0.25, 0.3) is 0 Å². The van der Waals surface area contributed by atoms with Gasteiger partial charge in [-0.05, 0) is 42.5 Å². The molecule has 1 heterocycles. The van der Waals surface area contributed by atoms with Crippen molar-refractivity contribution in [2.45, 2.75) is 11.3 Å². The Bertz CT molecular complexity index is 899. The van der Waals surface area contributed by atoms with Gasteiger partial charge in [0.15, 0.2) is 0 Å². The lowest BCUT2D eigenvalue weighted by Crippen LogP contribution is -2.12. The van der Waals surface area contributed by atoms with Crippen LogP contribution >= 0.6 is 11.8 Å². The molecule has 2 aromatic carbocycles. The zero-order valence-corrected chi connectivity index (χ0v) is 13.9.